The smallest absolute Gasteiger partial charge is 0.265 e. The van der Waals surface area contributed by atoms with Crippen LogP contribution in [0.25, 0.3) is 16.6 Å². The van der Waals surface area contributed by atoms with Gasteiger partial charge in [-0.05, 0) is 52.3 Å². The van der Waals surface area contributed by atoms with Crippen LogP contribution >= 0.6 is 15.9 Å². The highest BCUT2D eigenvalue weighted by Gasteiger charge is 2.09. The highest BCUT2D eigenvalue weighted by Crippen LogP contribution is 2.25. The number of fused-ring (bicyclic) bond motifs is 1. The monoisotopic (exact) mass is 358 g/mol. The van der Waals surface area contributed by atoms with Crippen molar-refractivity contribution in [2.75, 3.05) is 24.7 Å². The number of anilines is 2. The Morgan fingerprint density at radius 3 is 2.45 bits per heavy atom. The molecule has 0 bridgehead atoms. The Labute approximate surface area is 136 Å². The molecule has 0 amide bonds. The molecule has 5 nitrogen and oxygen atoms in total. The van der Waals surface area contributed by atoms with Crippen LogP contribution in [0.4, 0.5) is 11.4 Å². The molecule has 0 aliphatic heterocycles. The zero-order valence-electron chi connectivity index (χ0n) is 12.2. The number of hydrogen-bond donors (Lipinski definition) is 2. The van der Waals surface area contributed by atoms with Crippen molar-refractivity contribution in [3.63, 3.8) is 0 Å². The maximum Gasteiger partial charge on any atom is 0.265 e. The van der Waals surface area contributed by atoms with Crippen molar-refractivity contribution in [1.82, 2.24) is 9.55 Å². The van der Waals surface area contributed by atoms with Crippen LogP contribution in [0.5, 0.6) is 0 Å². The first-order valence-electron chi connectivity index (χ1n) is 6.81. The van der Waals surface area contributed by atoms with Gasteiger partial charge in [0.2, 0.25) is 0 Å². The second-order valence-electron chi connectivity index (χ2n) is 4.82. The summed E-state index contributed by atoms with van der Waals surface area (Å²) in [5.74, 6) is 0. The van der Waals surface area contributed by atoms with Crippen molar-refractivity contribution in [3.8, 4) is 5.69 Å². The lowest BCUT2D eigenvalue weighted by Crippen LogP contribution is -2.19. The zero-order chi connectivity index (χ0) is 15.7. The van der Waals surface area contributed by atoms with Gasteiger partial charge in [0.1, 0.15) is 6.33 Å². The number of nitrogens with one attached hydrogen (secondary N) is 2. The normalized spacial score (nSPS) is 10.7. The minimum Gasteiger partial charge on any atom is -0.388 e. The van der Waals surface area contributed by atoms with Crippen molar-refractivity contribution in [2.45, 2.75) is 0 Å². The lowest BCUT2D eigenvalue weighted by molar-refractivity contribution is 0.963. The van der Waals surface area contributed by atoms with E-state index in [1.165, 1.54) is 0 Å². The molecule has 0 atom stereocenters. The van der Waals surface area contributed by atoms with Gasteiger partial charge in [0.05, 0.1) is 22.3 Å². The average Bonchev–Trinajstić information content (AvgIpc) is 2.55. The largest absolute Gasteiger partial charge is 0.388 e. The molecule has 0 aliphatic rings. The Morgan fingerprint density at radius 2 is 1.82 bits per heavy atom. The van der Waals surface area contributed by atoms with Gasteiger partial charge in [-0.25, -0.2) is 4.98 Å². The predicted molar refractivity (Wildman–Crippen MR) is 94.1 cm³/mol. The van der Waals surface area contributed by atoms with Crippen LogP contribution < -0.4 is 16.2 Å². The van der Waals surface area contributed by atoms with Crippen molar-refractivity contribution in [3.05, 3.63) is 57.6 Å². The van der Waals surface area contributed by atoms with Crippen molar-refractivity contribution in [1.29, 1.82) is 0 Å². The van der Waals surface area contributed by atoms with Crippen LogP contribution in [0.2, 0.25) is 0 Å². The van der Waals surface area contributed by atoms with Crippen molar-refractivity contribution in [2.24, 2.45) is 0 Å². The molecule has 1 aromatic heterocycles. The third-order valence-electron chi connectivity index (χ3n) is 3.55. The number of nitrogens with zero attached hydrogens (tertiary/aromatic N) is 2. The fraction of sp³-hybridized carbons (Fsp3) is 0.125. The van der Waals surface area contributed by atoms with E-state index in [1.54, 1.807) is 17.0 Å². The van der Waals surface area contributed by atoms with Gasteiger partial charge in [-0.3, -0.25) is 9.36 Å². The Balaban J connectivity index is 2.19. The van der Waals surface area contributed by atoms with Gasteiger partial charge >= 0.3 is 0 Å². The Bertz CT molecular complexity index is 887. The molecule has 0 spiro atoms. The molecule has 0 unspecified atom stereocenters. The molecule has 0 radical (unpaired) electrons. The highest BCUT2D eigenvalue weighted by molar-refractivity contribution is 9.10. The van der Waals surface area contributed by atoms with Crippen molar-refractivity contribution >= 4 is 38.2 Å². The van der Waals surface area contributed by atoms with E-state index in [9.17, 15) is 4.79 Å². The van der Waals surface area contributed by atoms with Crippen LogP contribution in [0, 0.1) is 0 Å². The van der Waals surface area contributed by atoms with Crippen LogP contribution in [0.1, 0.15) is 0 Å². The van der Waals surface area contributed by atoms with E-state index in [0.29, 0.717) is 10.9 Å². The molecule has 2 aromatic carbocycles. The van der Waals surface area contributed by atoms with Gasteiger partial charge in [-0.2, -0.15) is 0 Å². The average molecular weight is 359 g/mol. The van der Waals surface area contributed by atoms with Crippen LogP contribution in [-0.2, 0) is 0 Å². The lowest BCUT2D eigenvalue weighted by atomic mass is 10.2. The quantitative estimate of drug-likeness (QED) is 0.754. The molecular formula is C16H15BrN4O. The zero-order valence-corrected chi connectivity index (χ0v) is 13.8. The van der Waals surface area contributed by atoms with Crippen molar-refractivity contribution < 1.29 is 0 Å². The summed E-state index contributed by atoms with van der Waals surface area (Å²) in [6.07, 6.45) is 1.56. The van der Waals surface area contributed by atoms with Gasteiger partial charge in [0, 0.05) is 24.3 Å². The van der Waals surface area contributed by atoms with E-state index in [2.05, 4.69) is 31.5 Å². The third-order valence-corrected chi connectivity index (χ3v) is 4.21. The van der Waals surface area contributed by atoms with Gasteiger partial charge in [0.25, 0.3) is 5.56 Å². The molecule has 0 aliphatic carbocycles. The molecular weight excluding hydrogens is 344 g/mol. The summed E-state index contributed by atoms with van der Waals surface area (Å²) in [5, 5.41) is 6.69. The topological polar surface area (TPSA) is 59.0 Å². The molecule has 3 aromatic rings. The first kappa shape index (κ1) is 14.6. The Morgan fingerprint density at radius 1 is 1.09 bits per heavy atom. The van der Waals surface area contributed by atoms with Crippen LogP contribution in [0.3, 0.4) is 0 Å². The lowest BCUT2D eigenvalue weighted by Gasteiger charge is -2.09. The van der Waals surface area contributed by atoms with E-state index in [1.807, 2.05) is 44.4 Å². The molecule has 3 rings (SSSR count). The predicted octanol–water partition coefficient (Wildman–Crippen LogP) is 3.23. The minimum atomic E-state index is -0.0921. The number of aromatic nitrogens is 2. The fourth-order valence-corrected chi connectivity index (χ4v) is 2.85. The summed E-state index contributed by atoms with van der Waals surface area (Å²) in [5.41, 5.74) is 3.25. The maximum absolute atomic E-state index is 12.7. The SMILES string of the molecule is CNc1ccc(-n2cnc3cc(NC)c(Br)cc3c2=O)cc1. The number of halogens is 1. The Hall–Kier alpha value is -2.34. The first-order valence-corrected chi connectivity index (χ1v) is 7.60. The fourth-order valence-electron chi connectivity index (χ4n) is 2.31. The van der Waals surface area contributed by atoms with E-state index in [-0.39, 0.29) is 5.56 Å². The molecule has 0 saturated carbocycles. The number of rotatable bonds is 3. The van der Waals surface area contributed by atoms with Gasteiger partial charge in [0.15, 0.2) is 0 Å². The molecule has 6 heteroatoms. The summed E-state index contributed by atoms with van der Waals surface area (Å²) in [4.78, 5) is 17.1. The third kappa shape index (κ3) is 2.46. The summed E-state index contributed by atoms with van der Waals surface area (Å²) in [6, 6.07) is 11.3. The molecule has 1 heterocycles. The van der Waals surface area contributed by atoms with E-state index < -0.39 is 0 Å². The van der Waals surface area contributed by atoms with Gasteiger partial charge in [-0.1, -0.05) is 0 Å². The van der Waals surface area contributed by atoms with E-state index in [0.717, 1.165) is 21.5 Å². The molecule has 112 valence electrons. The Kier molecular flexibility index (Phi) is 3.85. The van der Waals surface area contributed by atoms with E-state index >= 15 is 0 Å². The number of hydrogen-bond acceptors (Lipinski definition) is 4. The minimum absolute atomic E-state index is 0.0921. The molecule has 0 saturated heterocycles. The summed E-state index contributed by atoms with van der Waals surface area (Å²) in [7, 11) is 3.69. The highest BCUT2D eigenvalue weighted by atomic mass is 79.9. The molecule has 0 fully saturated rings. The van der Waals surface area contributed by atoms with E-state index in [4.69, 9.17) is 0 Å². The number of benzene rings is 2. The molecule has 2 N–H and O–H groups in total. The summed E-state index contributed by atoms with van der Waals surface area (Å²) >= 11 is 3.46. The van der Waals surface area contributed by atoms with Gasteiger partial charge < -0.3 is 10.6 Å². The molecule has 22 heavy (non-hydrogen) atoms. The second kappa shape index (κ2) is 5.81. The standard InChI is InChI=1S/C16H15BrN4O/c1-18-10-3-5-11(6-4-10)21-9-20-14-8-15(19-2)13(17)7-12(14)16(21)22/h3-9,18-19H,1-2H3. The maximum atomic E-state index is 12.7. The second-order valence-corrected chi connectivity index (χ2v) is 5.67. The van der Waals surface area contributed by atoms with Crippen LogP contribution in [0.15, 0.2) is 52.0 Å². The summed E-state index contributed by atoms with van der Waals surface area (Å²) in [6.45, 7) is 0. The van der Waals surface area contributed by atoms with Crippen LogP contribution in [-0.4, -0.2) is 23.6 Å². The summed E-state index contributed by atoms with van der Waals surface area (Å²) < 4.78 is 2.39. The van der Waals surface area contributed by atoms with Gasteiger partial charge in [-0.15, -0.1) is 0 Å². The first-order chi connectivity index (χ1) is 10.6.